The predicted molar refractivity (Wildman–Crippen MR) is 94.7 cm³/mol. The van der Waals surface area contributed by atoms with Crippen LogP contribution in [0.4, 0.5) is 10.3 Å². The summed E-state index contributed by atoms with van der Waals surface area (Å²) in [5.74, 6) is 0.381. The first-order valence-electron chi connectivity index (χ1n) is 7.48. The summed E-state index contributed by atoms with van der Waals surface area (Å²) in [5.41, 5.74) is 1.67. The molecule has 1 aliphatic heterocycles. The molecule has 2 atom stereocenters. The minimum atomic E-state index is -0.249. The van der Waals surface area contributed by atoms with Crippen molar-refractivity contribution >= 4 is 33.5 Å². The molecule has 4 nitrogen and oxygen atoms in total. The van der Waals surface area contributed by atoms with Gasteiger partial charge in [-0.3, -0.25) is 0 Å². The molecule has 1 aliphatic rings. The van der Waals surface area contributed by atoms with Gasteiger partial charge in [0.1, 0.15) is 12.1 Å². The third-order valence-corrected chi connectivity index (χ3v) is 4.97. The Morgan fingerprint density at radius 3 is 2.79 bits per heavy atom. The molecule has 2 heterocycles. The Kier molecular flexibility index (Phi) is 4.02. The maximum Gasteiger partial charge on any atom is 0.222 e. The van der Waals surface area contributed by atoms with E-state index < -0.39 is 0 Å². The highest BCUT2D eigenvalue weighted by Gasteiger charge is 2.31. The fourth-order valence-corrected chi connectivity index (χ4v) is 3.57. The van der Waals surface area contributed by atoms with Gasteiger partial charge in [0.05, 0.1) is 12.1 Å². The summed E-state index contributed by atoms with van der Waals surface area (Å²) in [6.07, 6.45) is 2.14. The van der Waals surface area contributed by atoms with Gasteiger partial charge in [-0.15, -0.1) is 0 Å². The second kappa shape index (κ2) is 6.18. The highest BCUT2D eigenvalue weighted by Crippen LogP contribution is 2.38. The summed E-state index contributed by atoms with van der Waals surface area (Å²) in [4.78, 5) is 4.26. The topological polar surface area (TPSA) is 42.7 Å². The lowest BCUT2D eigenvalue weighted by molar-refractivity contribution is 0.415. The Morgan fingerprint density at radius 1 is 1.21 bits per heavy atom. The normalized spacial score (nSPS) is 19.6. The smallest absolute Gasteiger partial charge is 0.222 e. The van der Waals surface area contributed by atoms with Crippen LogP contribution >= 0.6 is 27.5 Å². The first kappa shape index (κ1) is 15.6. The second-order valence-electron chi connectivity index (χ2n) is 5.69. The van der Waals surface area contributed by atoms with Crippen molar-refractivity contribution in [2.75, 3.05) is 5.32 Å². The summed E-state index contributed by atoms with van der Waals surface area (Å²) >= 11 is 9.39. The van der Waals surface area contributed by atoms with Crippen LogP contribution in [0.2, 0.25) is 5.02 Å². The molecule has 2 aromatic carbocycles. The van der Waals surface area contributed by atoms with Gasteiger partial charge in [0.15, 0.2) is 0 Å². The van der Waals surface area contributed by atoms with Crippen molar-refractivity contribution in [1.82, 2.24) is 14.8 Å². The van der Waals surface area contributed by atoms with Crippen molar-refractivity contribution in [1.29, 1.82) is 0 Å². The fraction of sp³-hybridized carbons (Fsp3) is 0.176. The van der Waals surface area contributed by atoms with Crippen LogP contribution < -0.4 is 5.32 Å². The molecule has 24 heavy (non-hydrogen) atoms. The van der Waals surface area contributed by atoms with Crippen molar-refractivity contribution in [2.24, 2.45) is 0 Å². The molecule has 0 unspecified atom stereocenters. The van der Waals surface area contributed by atoms with Crippen LogP contribution in [0.3, 0.4) is 0 Å². The molecule has 7 heteroatoms. The molecular formula is C17H13BrClFN4. The number of nitrogens with zero attached hydrogens (tertiary/aromatic N) is 3. The van der Waals surface area contributed by atoms with Crippen molar-refractivity contribution in [3.8, 4) is 0 Å². The molecule has 0 radical (unpaired) electrons. The van der Waals surface area contributed by atoms with Crippen molar-refractivity contribution in [3.63, 3.8) is 0 Å². The third-order valence-electron chi connectivity index (χ3n) is 4.22. The molecule has 0 saturated carbocycles. The zero-order valence-corrected chi connectivity index (χ0v) is 14.8. The molecule has 1 N–H and O–H groups in total. The summed E-state index contributed by atoms with van der Waals surface area (Å²) < 4.78 is 17.0. The zero-order chi connectivity index (χ0) is 16.7. The van der Waals surface area contributed by atoms with Gasteiger partial charge < -0.3 is 5.32 Å². The summed E-state index contributed by atoms with van der Waals surface area (Å²) in [7, 11) is 0. The Balaban J connectivity index is 1.76. The van der Waals surface area contributed by atoms with Crippen molar-refractivity contribution in [3.05, 3.63) is 75.2 Å². The number of fused-ring (bicyclic) bond motifs is 1. The van der Waals surface area contributed by atoms with E-state index in [9.17, 15) is 4.39 Å². The fourth-order valence-electron chi connectivity index (χ4n) is 3.06. The number of benzene rings is 2. The molecule has 3 aromatic rings. The maximum atomic E-state index is 14.4. The number of nitrogens with one attached hydrogen (secondary N) is 1. The van der Waals surface area contributed by atoms with Crippen LogP contribution in [-0.4, -0.2) is 14.8 Å². The lowest BCUT2D eigenvalue weighted by atomic mass is 9.93. The minimum Gasteiger partial charge on any atom is -0.348 e. The number of anilines is 1. The Bertz CT molecular complexity index is 881. The Morgan fingerprint density at radius 2 is 2.00 bits per heavy atom. The summed E-state index contributed by atoms with van der Waals surface area (Å²) in [6.45, 7) is 0. The van der Waals surface area contributed by atoms with Gasteiger partial charge in [-0.25, -0.2) is 9.07 Å². The Labute approximate surface area is 151 Å². The first-order chi connectivity index (χ1) is 11.6. The van der Waals surface area contributed by atoms with Crippen LogP contribution in [0.25, 0.3) is 0 Å². The summed E-state index contributed by atoms with van der Waals surface area (Å²) in [6, 6.07) is 12.4. The van der Waals surface area contributed by atoms with Crippen LogP contribution in [-0.2, 0) is 0 Å². The highest BCUT2D eigenvalue weighted by molar-refractivity contribution is 9.10. The van der Waals surface area contributed by atoms with Gasteiger partial charge in [0, 0.05) is 15.1 Å². The van der Waals surface area contributed by atoms with Crippen LogP contribution in [0, 0.1) is 5.82 Å². The summed E-state index contributed by atoms with van der Waals surface area (Å²) in [5, 5.41) is 8.31. The molecular weight excluding hydrogens is 395 g/mol. The van der Waals surface area contributed by atoms with Crippen LogP contribution in [0.15, 0.2) is 53.3 Å². The SMILES string of the molecule is Fc1ccc(Br)cc1[C@H]1C[C@H](c2ccc(Cl)cc2)Nc2ncnn21. The number of hydrogen-bond acceptors (Lipinski definition) is 3. The highest BCUT2D eigenvalue weighted by atomic mass is 79.9. The second-order valence-corrected chi connectivity index (χ2v) is 7.05. The standard InChI is InChI=1S/C17H13BrClFN4/c18-11-3-6-14(20)13(7-11)16-8-15(10-1-4-12(19)5-2-10)23-17-21-9-22-24(16)17/h1-7,9,15-16H,8H2,(H,21,22,23)/t15-,16-/m1/s1. The van der Waals surface area contributed by atoms with Gasteiger partial charge in [0.25, 0.3) is 0 Å². The van der Waals surface area contributed by atoms with Gasteiger partial charge in [0.2, 0.25) is 5.95 Å². The molecule has 0 aliphatic carbocycles. The first-order valence-corrected chi connectivity index (χ1v) is 8.65. The third kappa shape index (κ3) is 2.80. The monoisotopic (exact) mass is 406 g/mol. The maximum absolute atomic E-state index is 14.4. The lowest BCUT2D eigenvalue weighted by Crippen LogP contribution is -2.28. The number of rotatable bonds is 2. The van der Waals surface area contributed by atoms with E-state index in [0.29, 0.717) is 23.0 Å². The van der Waals surface area contributed by atoms with E-state index in [0.717, 1.165) is 10.0 Å². The van der Waals surface area contributed by atoms with Crippen molar-refractivity contribution in [2.45, 2.75) is 18.5 Å². The molecule has 0 saturated heterocycles. The van der Waals surface area contributed by atoms with Gasteiger partial charge in [-0.05, 0) is 42.3 Å². The number of hydrogen-bond donors (Lipinski definition) is 1. The van der Waals surface area contributed by atoms with Crippen LogP contribution in [0.5, 0.6) is 0 Å². The minimum absolute atomic E-state index is 0.00217. The average Bonchev–Trinajstić information content (AvgIpc) is 3.05. The molecule has 0 amide bonds. The van der Waals surface area contributed by atoms with Crippen molar-refractivity contribution < 1.29 is 4.39 Å². The van der Waals surface area contributed by atoms with E-state index in [4.69, 9.17) is 11.6 Å². The Hall–Kier alpha value is -1.92. The molecule has 0 fully saturated rings. The van der Waals surface area contributed by atoms with Gasteiger partial charge in [-0.1, -0.05) is 39.7 Å². The number of aromatic nitrogens is 3. The van der Waals surface area contributed by atoms with E-state index in [-0.39, 0.29) is 17.9 Å². The van der Waals surface area contributed by atoms with E-state index >= 15 is 0 Å². The molecule has 4 rings (SSSR count). The van der Waals surface area contributed by atoms with E-state index in [1.165, 1.54) is 12.4 Å². The van der Waals surface area contributed by atoms with Gasteiger partial charge >= 0.3 is 0 Å². The quantitative estimate of drug-likeness (QED) is 0.651. The zero-order valence-electron chi connectivity index (χ0n) is 12.5. The lowest BCUT2D eigenvalue weighted by Gasteiger charge is -2.32. The van der Waals surface area contributed by atoms with E-state index in [1.54, 1.807) is 16.8 Å². The number of halogens is 3. The largest absolute Gasteiger partial charge is 0.348 e. The van der Waals surface area contributed by atoms with E-state index in [2.05, 4.69) is 31.3 Å². The van der Waals surface area contributed by atoms with E-state index in [1.807, 2.05) is 24.3 Å². The average molecular weight is 408 g/mol. The predicted octanol–water partition coefficient (Wildman–Crippen LogP) is 4.98. The molecule has 122 valence electrons. The molecule has 0 spiro atoms. The van der Waals surface area contributed by atoms with Crippen LogP contribution in [0.1, 0.15) is 29.6 Å². The molecule has 1 aromatic heterocycles. The van der Waals surface area contributed by atoms with Gasteiger partial charge in [-0.2, -0.15) is 10.1 Å². The molecule has 0 bridgehead atoms.